The number of pyridine rings is 2. The number of esters is 1. The Morgan fingerprint density at radius 1 is 1.22 bits per heavy atom. The van der Waals surface area contributed by atoms with Gasteiger partial charge in [-0.2, -0.15) is 0 Å². The van der Waals surface area contributed by atoms with Crippen LogP contribution in [0.1, 0.15) is 36.0 Å². The third-order valence-electron chi connectivity index (χ3n) is 3.89. The van der Waals surface area contributed by atoms with Gasteiger partial charge in [0, 0.05) is 12.2 Å². The minimum Gasteiger partial charge on any atom is -0.465 e. The molecule has 0 spiro atoms. The first-order valence-electron chi connectivity index (χ1n) is 7.58. The van der Waals surface area contributed by atoms with Crippen LogP contribution in [-0.2, 0) is 4.74 Å². The Labute approximate surface area is 133 Å². The van der Waals surface area contributed by atoms with Crippen molar-refractivity contribution in [3.63, 3.8) is 0 Å². The molecular weight excluding hydrogens is 296 g/mol. The summed E-state index contributed by atoms with van der Waals surface area (Å²) in [6.45, 7) is 0. The maximum absolute atomic E-state index is 12.0. The molecule has 2 N–H and O–H groups in total. The van der Waals surface area contributed by atoms with Crippen LogP contribution in [0, 0.1) is 0 Å². The predicted octanol–water partition coefficient (Wildman–Crippen LogP) is 2.48. The van der Waals surface area contributed by atoms with Gasteiger partial charge in [-0.15, -0.1) is 0 Å². The van der Waals surface area contributed by atoms with Crippen LogP contribution < -0.4 is 10.6 Å². The molecule has 0 saturated heterocycles. The van der Waals surface area contributed by atoms with Crippen LogP contribution in [0.2, 0.25) is 0 Å². The lowest BCUT2D eigenvalue weighted by atomic mass is 10.2. The summed E-state index contributed by atoms with van der Waals surface area (Å²) < 4.78 is 4.67. The fourth-order valence-electron chi connectivity index (χ4n) is 2.71. The van der Waals surface area contributed by atoms with Crippen molar-refractivity contribution in [3.05, 3.63) is 30.0 Å². The topological polar surface area (TPSA) is 93.2 Å². The van der Waals surface area contributed by atoms with E-state index in [1.807, 2.05) is 0 Å². The Kier molecular flexibility index (Phi) is 4.36. The predicted molar refractivity (Wildman–Crippen MR) is 85.3 cm³/mol. The third kappa shape index (κ3) is 3.56. The van der Waals surface area contributed by atoms with Crippen LogP contribution in [0.4, 0.5) is 10.6 Å². The van der Waals surface area contributed by atoms with Gasteiger partial charge >= 0.3 is 12.0 Å². The highest BCUT2D eigenvalue weighted by atomic mass is 16.5. The molecule has 1 aliphatic rings. The van der Waals surface area contributed by atoms with Gasteiger partial charge in [0.25, 0.3) is 0 Å². The molecule has 0 atom stereocenters. The standard InChI is InChI=1S/C16H18N4O3/c1-23-15(21)10-8-13-12(17-9-10)6-7-14(19-13)20-16(22)18-11-4-2-3-5-11/h6-9,11H,2-5H2,1H3,(H2,18,19,20,22). The number of fused-ring (bicyclic) bond motifs is 1. The minimum absolute atomic E-state index is 0.239. The summed E-state index contributed by atoms with van der Waals surface area (Å²) in [6, 6.07) is 4.99. The van der Waals surface area contributed by atoms with Crippen molar-refractivity contribution in [3.8, 4) is 0 Å². The van der Waals surface area contributed by atoms with Gasteiger partial charge in [0.15, 0.2) is 0 Å². The molecule has 0 radical (unpaired) electrons. The van der Waals surface area contributed by atoms with Gasteiger partial charge in [-0.25, -0.2) is 14.6 Å². The summed E-state index contributed by atoms with van der Waals surface area (Å²) in [6.07, 6.45) is 5.79. The van der Waals surface area contributed by atoms with Crippen molar-refractivity contribution in [1.82, 2.24) is 15.3 Å². The Hall–Kier alpha value is -2.70. The number of nitrogens with zero attached hydrogens (tertiary/aromatic N) is 2. The Bertz CT molecular complexity index is 741. The van der Waals surface area contributed by atoms with E-state index < -0.39 is 5.97 Å². The maximum Gasteiger partial charge on any atom is 0.339 e. The molecule has 0 aliphatic heterocycles. The molecule has 0 bridgehead atoms. The number of hydrogen-bond donors (Lipinski definition) is 2. The molecule has 3 rings (SSSR count). The van der Waals surface area contributed by atoms with Crippen molar-refractivity contribution in [2.75, 3.05) is 12.4 Å². The lowest BCUT2D eigenvalue weighted by Gasteiger charge is -2.12. The van der Waals surface area contributed by atoms with E-state index in [0.717, 1.165) is 25.7 Å². The molecular formula is C16H18N4O3. The van der Waals surface area contributed by atoms with E-state index in [2.05, 4.69) is 25.3 Å². The zero-order valence-electron chi connectivity index (χ0n) is 12.8. The second kappa shape index (κ2) is 6.60. The quantitative estimate of drug-likeness (QED) is 0.849. The number of urea groups is 1. The van der Waals surface area contributed by atoms with Crippen LogP contribution in [0.5, 0.6) is 0 Å². The zero-order chi connectivity index (χ0) is 16.2. The number of rotatable bonds is 3. The molecule has 2 amide bonds. The number of hydrogen-bond acceptors (Lipinski definition) is 5. The highest BCUT2D eigenvalue weighted by molar-refractivity contribution is 5.94. The molecule has 1 aliphatic carbocycles. The Balaban J connectivity index is 1.75. The van der Waals surface area contributed by atoms with Crippen LogP contribution in [0.3, 0.4) is 0 Å². The molecule has 7 heteroatoms. The third-order valence-corrected chi connectivity index (χ3v) is 3.89. The lowest BCUT2D eigenvalue weighted by molar-refractivity contribution is 0.0600. The summed E-state index contributed by atoms with van der Waals surface area (Å²) in [5.41, 5.74) is 1.48. The van der Waals surface area contributed by atoms with E-state index in [9.17, 15) is 9.59 Å². The normalized spacial score (nSPS) is 14.7. The molecule has 2 aromatic rings. The number of carbonyl (C=O) groups is 2. The van der Waals surface area contributed by atoms with Crippen molar-refractivity contribution in [2.45, 2.75) is 31.7 Å². The Morgan fingerprint density at radius 3 is 2.74 bits per heavy atom. The average Bonchev–Trinajstić information content (AvgIpc) is 3.06. The molecule has 0 aromatic carbocycles. The van der Waals surface area contributed by atoms with E-state index in [0.29, 0.717) is 22.4 Å². The highest BCUT2D eigenvalue weighted by Gasteiger charge is 2.17. The van der Waals surface area contributed by atoms with Gasteiger partial charge in [0.05, 0.1) is 23.7 Å². The highest BCUT2D eigenvalue weighted by Crippen LogP contribution is 2.18. The van der Waals surface area contributed by atoms with Crippen molar-refractivity contribution in [1.29, 1.82) is 0 Å². The summed E-state index contributed by atoms with van der Waals surface area (Å²) in [7, 11) is 1.31. The summed E-state index contributed by atoms with van der Waals surface area (Å²) in [4.78, 5) is 32.0. The second-order valence-corrected chi connectivity index (χ2v) is 5.53. The lowest BCUT2D eigenvalue weighted by Crippen LogP contribution is -2.36. The summed E-state index contributed by atoms with van der Waals surface area (Å²) in [5.74, 6) is -0.0599. The van der Waals surface area contributed by atoms with Crippen LogP contribution in [0.25, 0.3) is 11.0 Å². The van der Waals surface area contributed by atoms with E-state index in [-0.39, 0.29) is 12.1 Å². The molecule has 2 heterocycles. The van der Waals surface area contributed by atoms with Gasteiger partial charge in [0.1, 0.15) is 5.82 Å². The Morgan fingerprint density at radius 2 is 2.00 bits per heavy atom. The SMILES string of the molecule is COC(=O)c1cnc2ccc(NC(=O)NC3CCCC3)nc2c1. The van der Waals surface area contributed by atoms with E-state index in [1.54, 1.807) is 18.2 Å². The van der Waals surface area contributed by atoms with E-state index in [4.69, 9.17) is 0 Å². The first-order valence-corrected chi connectivity index (χ1v) is 7.58. The second-order valence-electron chi connectivity index (χ2n) is 5.53. The monoisotopic (exact) mass is 314 g/mol. The average molecular weight is 314 g/mol. The molecule has 1 fully saturated rings. The fraction of sp³-hybridized carbons (Fsp3) is 0.375. The smallest absolute Gasteiger partial charge is 0.339 e. The maximum atomic E-state index is 12.0. The zero-order valence-corrected chi connectivity index (χ0v) is 12.8. The summed E-state index contributed by atoms with van der Waals surface area (Å²) in [5, 5.41) is 5.65. The van der Waals surface area contributed by atoms with E-state index in [1.165, 1.54) is 13.3 Å². The van der Waals surface area contributed by atoms with E-state index >= 15 is 0 Å². The fourth-order valence-corrected chi connectivity index (χ4v) is 2.71. The van der Waals surface area contributed by atoms with Gasteiger partial charge in [-0.3, -0.25) is 10.3 Å². The van der Waals surface area contributed by atoms with Gasteiger partial charge in [-0.05, 0) is 31.0 Å². The van der Waals surface area contributed by atoms with Crippen LogP contribution in [-0.4, -0.2) is 35.1 Å². The largest absolute Gasteiger partial charge is 0.465 e. The van der Waals surface area contributed by atoms with Crippen molar-refractivity contribution >= 4 is 28.9 Å². The number of amides is 2. The molecule has 2 aromatic heterocycles. The molecule has 1 saturated carbocycles. The van der Waals surface area contributed by atoms with Crippen molar-refractivity contribution < 1.29 is 14.3 Å². The molecule has 120 valence electrons. The number of anilines is 1. The van der Waals surface area contributed by atoms with Crippen LogP contribution >= 0.6 is 0 Å². The van der Waals surface area contributed by atoms with Crippen LogP contribution in [0.15, 0.2) is 24.4 Å². The van der Waals surface area contributed by atoms with Gasteiger partial charge in [-0.1, -0.05) is 12.8 Å². The number of aromatic nitrogens is 2. The number of ether oxygens (including phenoxy) is 1. The van der Waals surface area contributed by atoms with Gasteiger partial charge < -0.3 is 10.1 Å². The first kappa shape index (κ1) is 15.2. The van der Waals surface area contributed by atoms with Gasteiger partial charge in [0.2, 0.25) is 0 Å². The molecule has 23 heavy (non-hydrogen) atoms. The molecule has 0 unspecified atom stereocenters. The number of carbonyl (C=O) groups excluding carboxylic acids is 2. The molecule has 7 nitrogen and oxygen atoms in total. The van der Waals surface area contributed by atoms with Crippen molar-refractivity contribution in [2.24, 2.45) is 0 Å². The number of nitrogens with one attached hydrogen (secondary N) is 2. The first-order chi connectivity index (χ1) is 11.2. The minimum atomic E-state index is -0.474. The number of methoxy groups -OCH3 is 1. The summed E-state index contributed by atoms with van der Waals surface area (Å²) >= 11 is 0.